The van der Waals surface area contributed by atoms with Crippen LogP contribution in [0.2, 0.25) is 0 Å². The number of methoxy groups -OCH3 is 1. The molecule has 1 aromatic rings. The highest BCUT2D eigenvalue weighted by molar-refractivity contribution is 7.99. The average molecular weight is 267 g/mol. The van der Waals surface area contributed by atoms with Crippen molar-refractivity contribution in [3.05, 3.63) is 29.8 Å². The Labute approximate surface area is 116 Å². The van der Waals surface area contributed by atoms with Gasteiger partial charge in [0.2, 0.25) is 0 Å². The van der Waals surface area contributed by atoms with Crippen molar-refractivity contribution in [3.63, 3.8) is 0 Å². The number of hydrogen-bond donors (Lipinski definition) is 1. The van der Waals surface area contributed by atoms with Crippen LogP contribution in [0.5, 0.6) is 5.75 Å². The number of nitrogens with one attached hydrogen (secondary N) is 1. The summed E-state index contributed by atoms with van der Waals surface area (Å²) < 4.78 is 5.70. The number of hydrogen-bond acceptors (Lipinski definition) is 3. The molecular weight excluding hydrogens is 242 g/mol. The average Bonchev–Trinajstić information content (AvgIpc) is 2.40. The number of para-hydroxylation sites is 1. The molecule has 0 spiro atoms. The van der Waals surface area contributed by atoms with Crippen molar-refractivity contribution in [1.29, 1.82) is 0 Å². The topological polar surface area (TPSA) is 21.3 Å². The summed E-state index contributed by atoms with van der Waals surface area (Å²) in [6, 6.07) is 8.61. The van der Waals surface area contributed by atoms with E-state index in [1.807, 2.05) is 23.9 Å². The van der Waals surface area contributed by atoms with Crippen molar-refractivity contribution in [2.24, 2.45) is 0 Å². The van der Waals surface area contributed by atoms with Crippen molar-refractivity contribution < 1.29 is 4.74 Å². The van der Waals surface area contributed by atoms with Crippen LogP contribution in [0.25, 0.3) is 0 Å². The van der Waals surface area contributed by atoms with Gasteiger partial charge >= 0.3 is 0 Å². The SMILES string of the molecule is CCC(NCC(C)(C)SC)c1ccccc1OC. The second-order valence-electron chi connectivity index (χ2n) is 5.05. The summed E-state index contributed by atoms with van der Waals surface area (Å²) in [5.41, 5.74) is 1.25. The molecule has 2 nitrogen and oxygen atoms in total. The summed E-state index contributed by atoms with van der Waals surface area (Å²) in [5, 5.41) is 3.65. The van der Waals surface area contributed by atoms with Gasteiger partial charge in [-0.25, -0.2) is 0 Å². The van der Waals surface area contributed by atoms with Gasteiger partial charge in [0.05, 0.1) is 7.11 Å². The molecule has 0 amide bonds. The molecule has 18 heavy (non-hydrogen) atoms. The molecule has 0 saturated heterocycles. The lowest BCUT2D eigenvalue weighted by Gasteiger charge is -2.27. The molecule has 0 saturated carbocycles. The van der Waals surface area contributed by atoms with Crippen LogP contribution in [0, 0.1) is 0 Å². The summed E-state index contributed by atoms with van der Waals surface area (Å²) in [4.78, 5) is 0. The molecule has 0 heterocycles. The second-order valence-corrected chi connectivity index (χ2v) is 6.56. The molecule has 0 aliphatic rings. The third kappa shape index (κ3) is 4.21. The maximum Gasteiger partial charge on any atom is 0.123 e. The Bertz CT molecular complexity index is 365. The first-order valence-electron chi connectivity index (χ1n) is 6.45. The van der Waals surface area contributed by atoms with Crippen LogP contribution < -0.4 is 10.1 Å². The van der Waals surface area contributed by atoms with Gasteiger partial charge in [0, 0.05) is 22.9 Å². The first kappa shape index (κ1) is 15.4. The van der Waals surface area contributed by atoms with Crippen LogP contribution in [-0.2, 0) is 0 Å². The largest absolute Gasteiger partial charge is 0.496 e. The summed E-state index contributed by atoms with van der Waals surface area (Å²) in [6.07, 6.45) is 3.22. The minimum absolute atomic E-state index is 0.259. The predicted molar refractivity (Wildman–Crippen MR) is 81.6 cm³/mol. The fourth-order valence-corrected chi connectivity index (χ4v) is 2.10. The predicted octanol–water partition coefficient (Wildman–Crippen LogP) is 3.88. The van der Waals surface area contributed by atoms with E-state index in [2.05, 4.69) is 44.5 Å². The fraction of sp³-hybridized carbons (Fsp3) is 0.600. The molecule has 1 N–H and O–H groups in total. The zero-order chi connectivity index (χ0) is 13.6. The zero-order valence-electron chi connectivity index (χ0n) is 12.1. The minimum atomic E-state index is 0.259. The van der Waals surface area contributed by atoms with E-state index < -0.39 is 0 Å². The Balaban J connectivity index is 2.77. The van der Waals surface area contributed by atoms with Crippen molar-refractivity contribution in [3.8, 4) is 5.75 Å². The van der Waals surface area contributed by atoms with E-state index in [1.165, 1.54) is 5.56 Å². The van der Waals surface area contributed by atoms with E-state index in [0.717, 1.165) is 18.7 Å². The second kappa shape index (κ2) is 7.05. The van der Waals surface area contributed by atoms with E-state index in [0.29, 0.717) is 6.04 Å². The first-order chi connectivity index (χ1) is 8.54. The lowest BCUT2D eigenvalue weighted by Crippen LogP contribution is -2.34. The molecule has 0 bridgehead atoms. The van der Waals surface area contributed by atoms with Crippen LogP contribution in [0.3, 0.4) is 0 Å². The lowest BCUT2D eigenvalue weighted by molar-refractivity contribution is 0.394. The Kier molecular flexibility index (Phi) is 6.03. The van der Waals surface area contributed by atoms with Gasteiger partial charge in [-0.2, -0.15) is 11.8 Å². The highest BCUT2D eigenvalue weighted by Gasteiger charge is 2.19. The normalized spacial score (nSPS) is 13.4. The van der Waals surface area contributed by atoms with E-state index in [9.17, 15) is 0 Å². The standard InChI is InChI=1S/C15H25NOS/c1-6-13(16-11-15(2,3)18-5)12-9-7-8-10-14(12)17-4/h7-10,13,16H,6,11H2,1-5H3. The minimum Gasteiger partial charge on any atom is -0.496 e. The Morgan fingerprint density at radius 2 is 2.00 bits per heavy atom. The van der Waals surface area contributed by atoms with E-state index in [4.69, 9.17) is 4.74 Å². The quantitative estimate of drug-likeness (QED) is 0.810. The van der Waals surface area contributed by atoms with Crippen LogP contribution in [0.1, 0.15) is 38.8 Å². The molecule has 0 radical (unpaired) electrons. The fourth-order valence-electron chi connectivity index (χ4n) is 1.87. The van der Waals surface area contributed by atoms with Gasteiger partial charge in [-0.15, -0.1) is 0 Å². The molecule has 1 unspecified atom stereocenters. The van der Waals surface area contributed by atoms with Gasteiger partial charge in [-0.05, 0) is 32.6 Å². The molecule has 1 rings (SSSR count). The van der Waals surface area contributed by atoms with Gasteiger partial charge in [0.1, 0.15) is 5.75 Å². The maximum absolute atomic E-state index is 5.44. The Morgan fingerprint density at radius 1 is 1.33 bits per heavy atom. The van der Waals surface area contributed by atoms with Crippen LogP contribution >= 0.6 is 11.8 Å². The van der Waals surface area contributed by atoms with Gasteiger partial charge in [-0.1, -0.05) is 25.1 Å². The number of rotatable bonds is 7. The van der Waals surface area contributed by atoms with E-state index in [1.54, 1.807) is 7.11 Å². The van der Waals surface area contributed by atoms with Crippen molar-refractivity contribution in [2.45, 2.75) is 38.0 Å². The van der Waals surface area contributed by atoms with E-state index >= 15 is 0 Å². The van der Waals surface area contributed by atoms with Gasteiger partial charge in [0.25, 0.3) is 0 Å². The van der Waals surface area contributed by atoms with E-state index in [-0.39, 0.29) is 4.75 Å². The molecule has 3 heteroatoms. The van der Waals surface area contributed by atoms with Crippen molar-refractivity contribution in [1.82, 2.24) is 5.32 Å². The highest BCUT2D eigenvalue weighted by Crippen LogP contribution is 2.28. The lowest BCUT2D eigenvalue weighted by atomic mass is 10.0. The molecule has 1 atom stereocenters. The third-order valence-electron chi connectivity index (χ3n) is 3.25. The molecule has 0 aromatic heterocycles. The molecular formula is C15H25NOS. The smallest absolute Gasteiger partial charge is 0.123 e. The number of benzene rings is 1. The maximum atomic E-state index is 5.44. The van der Waals surface area contributed by atoms with Crippen LogP contribution in [0.15, 0.2) is 24.3 Å². The Hall–Kier alpha value is -0.670. The molecule has 0 aliphatic heterocycles. The first-order valence-corrected chi connectivity index (χ1v) is 7.68. The summed E-state index contributed by atoms with van der Waals surface area (Å²) >= 11 is 1.89. The molecule has 102 valence electrons. The summed E-state index contributed by atoms with van der Waals surface area (Å²) in [6.45, 7) is 7.72. The van der Waals surface area contributed by atoms with Gasteiger partial charge in [-0.3, -0.25) is 0 Å². The number of thioether (sulfide) groups is 1. The number of ether oxygens (including phenoxy) is 1. The van der Waals surface area contributed by atoms with Crippen molar-refractivity contribution >= 4 is 11.8 Å². The van der Waals surface area contributed by atoms with Crippen LogP contribution in [0.4, 0.5) is 0 Å². The summed E-state index contributed by atoms with van der Waals surface area (Å²) in [5.74, 6) is 0.971. The monoisotopic (exact) mass is 267 g/mol. The van der Waals surface area contributed by atoms with Crippen LogP contribution in [-0.4, -0.2) is 24.7 Å². The zero-order valence-corrected chi connectivity index (χ0v) is 12.9. The Morgan fingerprint density at radius 3 is 2.56 bits per heavy atom. The summed E-state index contributed by atoms with van der Waals surface area (Å²) in [7, 11) is 1.73. The third-order valence-corrected chi connectivity index (χ3v) is 4.50. The van der Waals surface area contributed by atoms with Gasteiger partial charge < -0.3 is 10.1 Å². The molecule has 0 fully saturated rings. The molecule has 1 aromatic carbocycles. The highest BCUT2D eigenvalue weighted by atomic mass is 32.2. The van der Waals surface area contributed by atoms with Gasteiger partial charge in [0.15, 0.2) is 0 Å². The van der Waals surface area contributed by atoms with Crippen molar-refractivity contribution in [2.75, 3.05) is 19.9 Å². The molecule has 0 aliphatic carbocycles.